The van der Waals surface area contributed by atoms with Gasteiger partial charge in [0.2, 0.25) is 0 Å². The molecule has 1 atom stereocenters. The average molecular weight is 236 g/mol. The number of carbonyl (C=O) groups is 1. The molecule has 1 heterocycles. The fourth-order valence-corrected chi connectivity index (χ4v) is 2.35. The van der Waals surface area contributed by atoms with Gasteiger partial charge in [0.05, 0.1) is 16.9 Å². The second-order valence-corrected chi connectivity index (χ2v) is 4.72. The van der Waals surface area contributed by atoms with E-state index in [9.17, 15) is 4.79 Å². The van der Waals surface area contributed by atoms with E-state index in [0.29, 0.717) is 13.1 Å². The lowest BCUT2D eigenvalue weighted by atomic mass is 10.2. The first-order chi connectivity index (χ1) is 7.60. The van der Waals surface area contributed by atoms with Crippen LogP contribution in [0.1, 0.15) is 29.1 Å². The van der Waals surface area contributed by atoms with Crippen molar-refractivity contribution in [3.05, 3.63) is 21.9 Å². The van der Waals surface area contributed by atoms with Gasteiger partial charge in [-0.2, -0.15) is 5.26 Å². The Bertz CT molecular complexity index is 405. The summed E-state index contributed by atoms with van der Waals surface area (Å²) in [6.45, 7) is 6.85. The topological polar surface area (TPSA) is 44.1 Å². The fourth-order valence-electron chi connectivity index (χ4n) is 1.46. The number of hydrogen-bond donors (Lipinski definition) is 0. The first-order valence-corrected chi connectivity index (χ1v) is 6.21. The number of rotatable bonds is 4. The molecule has 1 unspecified atom stereocenters. The van der Waals surface area contributed by atoms with Crippen LogP contribution < -0.4 is 0 Å². The Morgan fingerprint density at radius 1 is 1.69 bits per heavy atom. The molecule has 0 aromatic carbocycles. The number of thiophene rings is 1. The van der Waals surface area contributed by atoms with E-state index >= 15 is 0 Å². The van der Waals surface area contributed by atoms with E-state index in [1.807, 2.05) is 32.2 Å². The molecule has 0 radical (unpaired) electrons. The van der Waals surface area contributed by atoms with Gasteiger partial charge in [0.15, 0.2) is 0 Å². The summed E-state index contributed by atoms with van der Waals surface area (Å²) in [6, 6.07) is 4.10. The molecule has 0 saturated carbocycles. The minimum absolute atomic E-state index is 0.0390. The van der Waals surface area contributed by atoms with Gasteiger partial charge < -0.3 is 4.90 Å². The van der Waals surface area contributed by atoms with Crippen LogP contribution in [-0.2, 0) is 0 Å². The average Bonchev–Trinajstić information content (AvgIpc) is 2.71. The molecular weight excluding hydrogens is 220 g/mol. The molecule has 0 aliphatic heterocycles. The summed E-state index contributed by atoms with van der Waals surface area (Å²) in [5.74, 6) is -0.0822. The summed E-state index contributed by atoms with van der Waals surface area (Å²) in [5.41, 5.74) is 1.01. The highest BCUT2D eigenvalue weighted by molar-refractivity contribution is 7.12. The quantitative estimate of drug-likeness (QED) is 0.806. The number of hydrogen-bond acceptors (Lipinski definition) is 3. The van der Waals surface area contributed by atoms with Gasteiger partial charge in [-0.05, 0) is 37.8 Å². The minimum atomic E-state index is -0.121. The number of amides is 1. The molecule has 0 spiro atoms. The zero-order valence-corrected chi connectivity index (χ0v) is 10.7. The van der Waals surface area contributed by atoms with Gasteiger partial charge in [-0.3, -0.25) is 4.79 Å². The van der Waals surface area contributed by atoms with E-state index in [1.54, 1.807) is 4.90 Å². The lowest BCUT2D eigenvalue weighted by Crippen LogP contribution is -2.34. The van der Waals surface area contributed by atoms with Crippen molar-refractivity contribution in [1.82, 2.24) is 4.90 Å². The number of carbonyl (C=O) groups excluding carboxylic acids is 1. The van der Waals surface area contributed by atoms with Crippen LogP contribution in [0.3, 0.4) is 0 Å². The van der Waals surface area contributed by atoms with Crippen molar-refractivity contribution in [3.8, 4) is 6.07 Å². The van der Waals surface area contributed by atoms with Crippen molar-refractivity contribution in [2.24, 2.45) is 5.92 Å². The van der Waals surface area contributed by atoms with Crippen LogP contribution in [0, 0.1) is 24.2 Å². The normalized spacial score (nSPS) is 11.9. The molecule has 4 heteroatoms. The molecule has 1 aromatic rings. The predicted molar refractivity (Wildman–Crippen MR) is 65.4 cm³/mol. The third kappa shape index (κ3) is 2.83. The van der Waals surface area contributed by atoms with E-state index in [2.05, 4.69) is 6.07 Å². The summed E-state index contributed by atoms with van der Waals surface area (Å²) in [6.07, 6.45) is 0. The summed E-state index contributed by atoms with van der Waals surface area (Å²) in [5, 5.41) is 10.7. The SMILES string of the molecule is CCN(CC(C)C#N)C(=O)c1sccc1C. The number of nitrogens with zero attached hydrogens (tertiary/aromatic N) is 2. The van der Waals surface area contributed by atoms with Crippen LogP contribution in [0.5, 0.6) is 0 Å². The number of nitriles is 1. The molecule has 0 aliphatic rings. The Balaban J connectivity index is 2.79. The van der Waals surface area contributed by atoms with Crippen molar-refractivity contribution in [1.29, 1.82) is 5.26 Å². The van der Waals surface area contributed by atoms with Crippen LogP contribution >= 0.6 is 11.3 Å². The van der Waals surface area contributed by atoms with E-state index in [1.165, 1.54) is 11.3 Å². The van der Waals surface area contributed by atoms with Gasteiger partial charge >= 0.3 is 0 Å². The largest absolute Gasteiger partial charge is 0.337 e. The third-order valence-electron chi connectivity index (χ3n) is 2.44. The molecule has 86 valence electrons. The molecule has 0 saturated heterocycles. The van der Waals surface area contributed by atoms with Crippen LogP contribution in [0.2, 0.25) is 0 Å². The summed E-state index contributed by atoms with van der Waals surface area (Å²) in [4.78, 5) is 14.6. The highest BCUT2D eigenvalue weighted by atomic mass is 32.1. The van der Waals surface area contributed by atoms with Gasteiger partial charge in [0.1, 0.15) is 0 Å². The first kappa shape index (κ1) is 12.7. The highest BCUT2D eigenvalue weighted by Crippen LogP contribution is 2.18. The lowest BCUT2D eigenvalue weighted by Gasteiger charge is -2.21. The zero-order valence-electron chi connectivity index (χ0n) is 9.86. The van der Waals surface area contributed by atoms with Crippen molar-refractivity contribution in [2.45, 2.75) is 20.8 Å². The van der Waals surface area contributed by atoms with Gasteiger partial charge in [-0.25, -0.2) is 0 Å². The van der Waals surface area contributed by atoms with Crippen LogP contribution in [0.15, 0.2) is 11.4 Å². The number of aryl methyl sites for hydroxylation is 1. The van der Waals surface area contributed by atoms with E-state index < -0.39 is 0 Å². The van der Waals surface area contributed by atoms with Crippen molar-refractivity contribution < 1.29 is 4.79 Å². The van der Waals surface area contributed by atoms with Crippen LogP contribution in [0.25, 0.3) is 0 Å². The van der Waals surface area contributed by atoms with Crippen molar-refractivity contribution >= 4 is 17.2 Å². The zero-order chi connectivity index (χ0) is 12.1. The van der Waals surface area contributed by atoms with Gasteiger partial charge in [-0.1, -0.05) is 0 Å². The Hall–Kier alpha value is -1.34. The molecule has 0 N–H and O–H groups in total. The van der Waals surface area contributed by atoms with Gasteiger partial charge in [-0.15, -0.1) is 11.3 Å². The maximum Gasteiger partial charge on any atom is 0.264 e. The molecule has 3 nitrogen and oxygen atoms in total. The second-order valence-electron chi connectivity index (χ2n) is 3.81. The second kappa shape index (κ2) is 5.66. The van der Waals surface area contributed by atoms with Crippen LogP contribution in [-0.4, -0.2) is 23.9 Å². The van der Waals surface area contributed by atoms with Crippen LogP contribution in [0.4, 0.5) is 0 Å². The summed E-state index contributed by atoms with van der Waals surface area (Å²) < 4.78 is 0. The summed E-state index contributed by atoms with van der Waals surface area (Å²) in [7, 11) is 0. The molecular formula is C12H16N2OS. The fraction of sp³-hybridized carbons (Fsp3) is 0.500. The first-order valence-electron chi connectivity index (χ1n) is 5.33. The Morgan fingerprint density at radius 3 is 2.81 bits per heavy atom. The van der Waals surface area contributed by atoms with E-state index in [0.717, 1.165) is 10.4 Å². The summed E-state index contributed by atoms with van der Waals surface area (Å²) >= 11 is 1.46. The van der Waals surface area contributed by atoms with Gasteiger partial charge in [0.25, 0.3) is 5.91 Å². The Kier molecular flexibility index (Phi) is 4.51. The Morgan fingerprint density at radius 2 is 2.38 bits per heavy atom. The maximum atomic E-state index is 12.1. The predicted octanol–water partition coefficient (Wildman–Crippen LogP) is 2.68. The molecule has 0 aliphatic carbocycles. The maximum absolute atomic E-state index is 12.1. The van der Waals surface area contributed by atoms with E-state index in [-0.39, 0.29) is 11.8 Å². The van der Waals surface area contributed by atoms with Gasteiger partial charge in [0, 0.05) is 13.1 Å². The Labute approximate surface area is 100 Å². The van der Waals surface area contributed by atoms with Crippen molar-refractivity contribution in [3.63, 3.8) is 0 Å². The molecule has 0 bridgehead atoms. The van der Waals surface area contributed by atoms with Crippen molar-refractivity contribution in [2.75, 3.05) is 13.1 Å². The minimum Gasteiger partial charge on any atom is -0.337 e. The molecule has 1 rings (SSSR count). The monoisotopic (exact) mass is 236 g/mol. The lowest BCUT2D eigenvalue weighted by molar-refractivity contribution is 0.0757. The third-order valence-corrected chi connectivity index (χ3v) is 3.44. The molecule has 0 fully saturated rings. The smallest absolute Gasteiger partial charge is 0.264 e. The molecule has 16 heavy (non-hydrogen) atoms. The van der Waals surface area contributed by atoms with E-state index in [4.69, 9.17) is 5.26 Å². The molecule has 1 aromatic heterocycles. The highest BCUT2D eigenvalue weighted by Gasteiger charge is 2.19. The molecule has 1 amide bonds. The standard InChI is InChI=1S/C12H16N2OS/c1-4-14(8-9(2)7-13)12(15)11-10(3)5-6-16-11/h5-6,9H,4,8H2,1-3H3.